The summed E-state index contributed by atoms with van der Waals surface area (Å²) in [6, 6.07) is 28.9. The Morgan fingerprint density at radius 2 is 1.48 bits per heavy atom. The van der Waals surface area contributed by atoms with Crippen LogP contribution in [-0.2, 0) is 32.6 Å². The second-order valence-electron chi connectivity index (χ2n) is 10.7. The minimum absolute atomic E-state index is 0.0134. The van der Waals surface area contributed by atoms with E-state index in [-0.39, 0.29) is 29.5 Å². The zero-order valence-electron chi connectivity index (χ0n) is 25.0. The summed E-state index contributed by atoms with van der Waals surface area (Å²) >= 11 is 0. The van der Waals surface area contributed by atoms with Crippen molar-refractivity contribution in [2.75, 3.05) is 17.4 Å². The summed E-state index contributed by atoms with van der Waals surface area (Å²) in [5, 5.41) is 2.98. The third kappa shape index (κ3) is 8.54. The molecule has 0 saturated carbocycles. The average molecular weight is 616 g/mol. The van der Waals surface area contributed by atoms with Gasteiger partial charge in [0, 0.05) is 19.5 Å². The van der Waals surface area contributed by atoms with E-state index in [4.69, 9.17) is 0 Å². The van der Waals surface area contributed by atoms with Crippen molar-refractivity contribution in [1.29, 1.82) is 0 Å². The van der Waals surface area contributed by atoms with Gasteiger partial charge in [-0.1, -0.05) is 91.7 Å². The lowest BCUT2D eigenvalue weighted by molar-refractivity contribution is -0.140. The van der Waals surface area contributed by atoms with Crippen molar-refractivity contribution in [1.82, 2.24) is 10.2 Å². The first kappa shape index (κ1) is 32.4. The normalized spacial score (nSPS) is 11.9. The molecule has 4 aromatic rings. The molecule has 2 amide bonds. The highest BCUT2D eigenvalue weighted by atomic mass is 32.2. The zero-order chi connectivity index (χ0) is 31.5. The average Bonchev–Trinajstić information content (AvgIpc) is 3.03. The first-order valence-electron chi connectivity index (χ1n) is 14.7. The van der Waals surface area contributed by atoms with Crippen molar-refractivity contribution in [3.8, 4) is 0 Å². The Kier molecular flexibility index (Phi) is 11.3. The quantitative estimate of drug-likeness (QED) is 0.179. The van der Waals surface area contributed by atoms with Gasteiger partial charge in [0.25, 0.3) is 10.0 Å². The molecule has 0 fully saturated rings. The van der Waals surface area contributed by atoms with Gasteiger partial charge in [-0.15, -0.1) is 0 Å². The summed E-state index contributed by atoms with van der Waals surface area (Å²) in [4.78, 5) is 29.6. The summed E-state index contributed by atoms with van der Waals surface area (Å²) < 4.78 is 42.7. The molecule has 44 heavy (non-hydrogen) atoms. The highest BCUT2D eigenvalue weighted by Crippen LogP contribution is 2.25. The third-order valence-electron chi connectivity index (χ3n) is 7.26. The van der Waals surface area contributed by atoms with Gasteiger partial charge in [-0.05, 0) is 60.9 Å². The fourth-order valence-electron chi connectivity index (χ4n) is 4.92. The maximum Gasteiger partial charge on any atom is 0.264 e. The topological polar surface area (TPSA) is 86.8 Å². The first-order valence-corrected chi connectivity index (χ1v) is 16.1. The van der Waals surface area contributed by atoms with Gasteiger partial charge in [-0.3, -0.25) is 13.9 Å². The van der Waals surface area contributed by atoms with Crippen LogP contribution in [0, 0.1) is 12.7 Å². The molecule has 0 aromatic heterocycles. The first-order chi connectivity index (χ1) is 21.2. The van der Waals surface area contributed by atoms with E-state index in [0.717, 1.165) is 46.0 Å². The number of rotatable bonds is 14. The van der Waals surface area contributed by atoms with Gasteiger partial charge in [-0.2, -0.15) is 0 Å². The number of unbranched alkanes of at least 4 members (excludes halogenated alkanes) is 1. The molecule has 0 saturated heterocycles. The molecule has 0 spiro atoms. The van der Waals surface area contributed by atoms with Crippen LogP contribution in [0.1, 0.15) is 36.5 Å². The lowest BCUT2D eigenvalue weighted by atomic mass is 10.0. The van der Waals surface area contributed by atoms with Crippen LogP contribution in [-0.4, -0.2) is 44.3 Å². The Morgan fingerprint density at radius 1 is 0.841 bits per heavy atom. The van der Waals surface area contributed by atoms with E-state index in [1.165, 1.54) is 29.2 Å². The molecule has 0 aliphatic rings. The molecule has 9 heteroatoms. The van der Waals surface area contributed by atoms with Crippen molar-refractivity contribution < 1.29 is 22.4 Å². The molecule has 1 N–H and O–H groups in total. The maximum atomic E-state index is 14.4. The number of anilines is 1. The van der Waals surface area contributed by atoms with Crippen molar-refractivity contribution in [3.05, 3.63) is 132 Å². The van der Waals surface area contributed by atoms with E-state index in [1.54, 1.807) is 18.2 Å². The van der Waals surface area contributed by atoms with Gasteiger partial charge in [-0.25, -0.2) is 12.8 Å². The van der Waals surface area contributed by atoms with Crippen LogP contribution in [0.5, 0.6) is 0 Å². The van der Waals surface area contributed by atoms with Crippen LogP contribution in [0.2, 0.25) is 0 Å². The number of halogens is 1. The number of hydrogen-bond acceptors (Lipinski definition) is 4. The van der Waals surface area contributed by atoms with Crippen LogP contribution in [0.4, 0.5) is 10.1 Å². The third-order valence-corrected chi connectivity index (χ3v) is 9.05. The SMILES string of the molecule is CCCCNC(=O)[C@H](Cc1ccccc1)N(Cc1cccc(C)c1)C(=O)CN(c1ccc(F)cc1)S(=O)(=O)c1ccccc1. The summed E-state index contributed by atoms with van der Waals surface area (Å²) in [7, 11) is -4.23. The van der Waals surface area contributed by atoms with Gasteiger partial charge in [0.2, 0.25) is 11.8 Å². The molecule has 0 aliphatic carbocycles. The Balaban J connectivity index is 1.78. The largest absolute Gasteiger partial charge is 0.354 e. The fourth-order valence-corrected chi connectivity index (χ4v) is 6.36. The van der Waals surface area contributed by atoms with Crippen LogP contribution >= 0.6 is 0 Å². The van der Waals surface area contributed by atoms with Crippen LogP contribution < -0.4 is 9.62 Å². The molecule has 0 unspecified atom stereocenters. The lowest BCUT2D eigenvalue weighted by Gasteiger charge is -2.34. The van der Waals surface area contributed by atoms with E-state index >= 15 is 0 Å². The molecule has 4 aromatic carbocycles. The highest BCUT2D eigenvalue weighted by molar-refractivity contribution is 7.92. The van der Waals surface area contributed by atoms with E-state index in [0.29, 0.717) is 6.54 Å². The van der Waals surface area contributed by atoms with Crippen molar-refractivity contribution >= 4 is 27.5 Å². The second-order valence-corrected chi connectivity index (χ2v) is 12.5. The Labute approximate surface area is 259 Å². The Bertz CT molecular complexity index is 1630. The molecule has 0 radical (unpaired) electrons. The molecule has 7 nitrogen and oxygen atoms in total. The van der Waals surface area contributed by atoms with Gasteiger partial charge in [0.1, 0.15) is 18.4 Å². The smallest absolute Gasteiger partial charge is 0.264 e. The van der Waals surface area contributed by atoms with Crippen LogP contribution in [0.15, 0.2) is 114 Å². The van der Waals surface area contributed by atoms with Gasteiger partial charge in [0.15, 0.2) is 0 Å². The molecule has 0 aliphatic heterocycles. The van der Waals surface area contributed by atoms with E-state index in [2.05, 4.69) is 5.32 Å². The van der Waals surface area contributed by atoms with E-state index in [9.17, 15) is 22.4 Å². The predicted octanol–water partition coefficient (Wildman–Crippen LogP) is 5.89. The molecular formula is C35H38FN3O4S. The number of amides is 2. The number of aryl methyl sites for hydroxylation is 1. The number of nitrogens with zero attached hydrogens (tertiary/aromatic N) is 2. The Morgan fingerprint density at radius 3 is 2.11 bits per heavy atom. The van der Waals surface area contributed by atoms with Crippen molar-refractivity contribution in [2.45, 2.75) is 50.6 Å². The molecule has 230 valence electrons. The summed E-state index contributed by atoms with van der Waals surface area (Å²) in [5.74, 6) is -1.42. The molecular weight excluding hydrogens is 577 g/mol. The number of benzene rings is 4. The minimum Gasteiger partial charge on any atom is -0.354 e. The maximum absolute atomic E-state index is 14.4. The summed E-state index contributed by atoms with van der Waals surface area (Å²) in [5.41, 5.74) is 2.78. The molecule has 1 atom stereocenters. The minimum atomic E-state index is -4.23. The number of hydrogen-bond donors (Lipinski definition) is 1. The summed E-state index contributed by atoms with van der Waals surface area (Å²) in [6.45, 7) is 3.91. The van der Waals surface area contributed by atoms with Crippen molar-refractivity contribution in [2.24, 2.45) is 0 Å². The zero-order valence-corrected chi connectivity index (χ0v) is 25.8. The number of carbonyl (C=O) groups excluding carboxylic acids is 2. The standard InChI is InChI=1S/C35H38FN3O4S/c1-3-4-22-37-35(41)33(24-28-13-7-5-8-14-28)38(25-29-15-11-12-27(2)23-29)34(40)26-39(31-20-18-30(36)19-21-31)44(42,43)32-16-9-6-10-17-32/h5-21,23,33H,3-4,22,24-26H2,1-2H3,(H,37,41)/t33-/m0/s1. The fraction of sp³-hybridized carbons (Fsp3) is 0.257. The summed E-state index contributed by atoms with van der Waals surface area (Å²) in [6.07, 6.45) is 1.90. The van der Waals surface area contributed by atoms with Crippen molar-refractivity contribution in [3.63, 3.8) is 0 Å². The van der Waals surface area contributed by atoms with Gasteiger partial charge in [0.05, 0.1) is 10.6 Å². The second kappa shape index (κ2) is 15.3. The van der Waals surface area contributed by atoms with Gasteiger partial charge < -0.3 is 10.2 Å². The number of sulfonamides is 1. The molecule has 0 bridgehead atoms. The lowest BCUT2D eigenvalue weighted by Crippen LogP contribution is -2.53. The monoisotopic (exact) mass is 615 g/mol. The van der Waals surface area contributed by atoms with Crippen LogP contribution in [0.3, 0.4) is 0 Å². The van der Waals surface area contributed by atoms with E-state index in [1.807, 2.05) is 68.4 Å². The van der Waals surface area contributed by atoms with Gasteiger partial charge >= 0.3 is 0 Å². The number of nitrogens with one attached hydrogen (secondary N) is 1. The van der Waals surface area contributed by atoms with Crippen LogP contribution in [0.25, 0.3) is 0 Å². The highest BCUT2D eigenvalue weighted by Gasteiger charge is 2.34. The number of carbonyl (C=O) groups is 2. The Hall–Kier alpha value is -4.50. The molecule has 0 heterocycles. The predicted molar refractivity (Wildman–Crippen MR) is 171 cm³/mol. The molecule has 4 rings (SSSR count). The van der Waals surface area contributed by atoms with E-state index < -0.39 is 34.3 Å².